The summed E-state index contributed by atoms with van der Waals surface area (Å²) >= 11 is -1.87. The molecule has 2 aliphatic rings. The summed E-state index contributed by atoms with van der Waals surface area (Å²) in [5.74, 6) is 8.31. The molecule has 7 heteroatoms. The maximum absolute atomic E-state index is 5.76. The molecular formula is C40H42GeIrN4O-2. The second-order valence-corrected chi connectivity index (χ2v) is 24.6. The van der Waals surface area contributed by atoms with E-state index < -0.39 is 13.3 Å². The number of hydrogen-bond acceptors (Lipinski definition) is 5. The molecule has 8 rings (SSSR count). The maximum Gasteiger partial charge on any atom is 0 e. The van der Waals surface area contributed by atoms with E-state index in [0.29, 0.717) is 11.4 Å². The Balaban J connectivity index is 0.000000162. The van der Waals surface area contributed by atoms with E-state index in [2.05, 4.69) is 74.8 Å². The van der Waals surface area contributed by atoms with Crippen molar-refractivity contribution in [3.05, 3.63) is 102 Å². The predicted molar refractivity (Wildman–Crippen MR) is 190 cm³/mol. The van der Waals surface area contributed by atoms with Crippen LogP contribution in [0, 0.1) is 25.0 Å². The van der Waals surface area contributed by atoms with Gasteiger partial charge in [-0.3, -0.25) is 9.97 Å². The molecule has 1 saturated carbocycles. The summed E-state index contributed by atoms with van der Waals surface area (Å²) in [7, 11) is 0. The van der Waals surface area contributed by atoms with E-state index in [1.165, 1.54) is 56.1 Å². The fraction of sp³-hybridized carbons (Fsp3) is 0.350. The molecule has 0 aliphatic heterocycles. The molecule has 0 bridgehead atoms. The minimum absolute atomic E-state index is 0. The molecule has 6 aromatic rings. The van der Waals surface area contributed by atoms with Gasteiger partial charge in [-0.2, -0.15) is 0 Å². The van der Waals surface area contributed by atoms with Gasteiger partial charge in [0.2, 0.25) is 0 Å². The number of aromatic nitrogens is 4. The van der Waals surface area contributed by atoms with Crippen LogP contribution in [0.2, 0.25) is 17.3 Å². The van der Waals surface area contributed by atoms with Gasteiger partial charge in [0.15, 0.2) is 11.4 Å². The first kappa shape index (κ1) is 33.7. The summed E-state index contributed by atoms with van der Waals surface area (Å²) in [6.45, 7) is 1.95. The van der Waals surface area contributed by atoms with E-state index in [0.717, 1.165) is 57.7 Å². The van der Waals surface area contributed by atoms with E-state index >= 15 is 0 Å². The van der Waals surface area contributed by atoms with Crippen molar-refractivity contribution in [1.29, 1.82) is 0 Å². The summed E-state index contributed by atoms with van der Waals surface area (Å²) in [6.07, 6.45) is 17.5. The molecule has 5 nitrogen and oxygen atoms in total. The van der Waals surface area contributed by atoms with Gasteiger partial charge in [-0.25, -0.2) is 4.98 Å². The van der Waals surface area contributed by atoms with Crippen LogP contribution in [-0.2, 0) is 39.4 Å². The van der Waals surface area contributed by atoms with Crippen molar-refractivity contribution in [2.45, 2.75) is 82.0 Å². The van der Waals surface area contributed by atoms with Gasteiger partial charge in [-0.1, -0.05) is 17.2 Å². The number of fused-ring (bicyclic) bond motifs is 4. The third-order valence-corrected chi connectivity index (χ3v) is 13.9. The Hall–Kier alpha value is -3.19. The molecule has 0 saturated heterocycles. The fourth-order valence-electron chi connectivity index (χ4n) is 7.14. The van der Waals surface area contributed by atoms with Crippen LogP contribution >= 0.6 is 0 Å². The maximum atomic E-state index is 5.76. The van der Waals surface area contributed by atoms with Crippen molar-refractivity contribution in [2.24, 2.45) is 5.92 Å². The zero-order valence-corrected chi connectivity index (χ0v) is 32.3. The summed E-state index contributed by atoms with van der Waals surface area (Å²) in [5.41, 5.74) is 10.6. The molecule has 47 heavy (non-hydrogen) atoms. The van der Waals surface area contributed by atoms with Crippen molar-refractivity contribution in [3.8, 4) is 22.5 Å². The first-order chi connectivity index (χ1) is 22.3. The zero-order chi connectivity index (χ0) is 31.7. The number of furan rings is 1. The molecule has 1 fully saturated rings. The Bertz CT molecular complexity index is 1990. The van der Waals surface area contributed by atoms with Gasteiger partial charge in [-0.05, 0) is 67.3 Å². The van der Waals surface area contributed by atoms with Gasteiger partial charge in [-0.15, -0.1) is 6.07 Å². The third-order valence-electron chi connectivity index (χ3n) is 9.54. The molecule has 5 heterocycles. The number of aryl methyl sites for hydroxylation is 2. The molecule has 5 aromatic heterocycles. The van der Waals surface area contributed by atoms with Crippen LogP contribution in [0.5, 0.6) is 0 Å². The second kappa shape index (κ2) is 14.5. The average Bonchev–Trinajstić information content (AvgIpc) is 3.71. The van der Waals surface area contributed by atoms with Crippen molar-refractivity contribution in [1.82, 2.24) is 19.9 Å². The standard InChI is InChI=1S/C20H26GeN.C20H16N3O.Ir/c1-21(2,3)19-15-22-20(17-11-5-4-6-12-17)14-18(19)13-16-9-7-8-10-16;1-12-6-7-16-17-10-14(11-22-19(17)24-20(16)23-12)18-15-5-3-2-4-13(15)8-9-21-18;/h4-6,11,14-16H,7-10,13H2,1-3H3;6-9,11H,2-5H2,1H3;/q2*-1;. The van der Waals surface area contributed by atoms with Crippen LogP contribution in [0.3, 0.4) is 0 Å². The average molecular weight is 860 g/mol. The summed E-state index contributed by atoms with van der Waals surface area (Å²) in [5, 5.41) is 1.83. The quantitative estimate of drug-likeness (QED) is 0.128. The Kier molecular flexibility index (Phi) is 10.4. The molecule has 2 aliphatic carbocycles. The predicted octanol–water partition coefficient (Wildman–Crippen LogP) is 9.25. The first-order valence-electron chi connectivity index (χ1n) is 16.9. The monoisotopic (exact) mass is 861 g/mol. The second-order valence-electron chi connectivity index (χ2n) is 14.0. The van der Waals surface area contributed by atoms with Crippen LogP contribution in [0.1, 0.15) is 60.9 Å². The molecular weight excluding hydrogens is 817 g/mol. The van der Waals surface area contributed by atoms with Gasteiger partial charge >= 0.3 is 137 Å². The number of hydrogen-bond donors (Lipinski definition) is 0. The number of rotatable bonds is 5. The molecule has 0 spiro atoms. The Morgan fingerprint density at radius 3 is 2.49 bits per heavy atom. The van der Waals surface area contributed by atoms with Crippen LogP contribution in [0.25, 0.3) is 44.7 Å². The summed E-state index contributed by atoms with van der Waals surface area (Å²) < 4.78 is 7.35. The van der Waals surface area contributed by atoms with Crippen molar-refractivity contribution in [2.75, 3.05) is 0 Å². The van der Waals surface area contributed by atoms with E-state index in [1.54, 1.807) is 9.96 Å². The largest absolute Gasteiger partial charge is 0 e. The molecule has 243 valence electrons. The van der Waals surface area contributed by atoms with Gasteiger partial charge in [0.1, 0.15) is 0 Å². The molecule has 1 radical (unpaired) electrons. The molecule has 0 atom stereocenters. The smallest absolute Gasteiger partial charge is 0 e. The number of nitrogens with zero attached hydrogens (tertiary/aromatic N) is 4. The minimum atomic E-state index is -1.87. The third kappa shape index (κ3) is 7.45. The van der Waals surface area contributed by atoms with Gasteiger partial charge < -0.3 is 4.42 Å². The van der Waals surface area contributed by atoms with Crippen molar-refractivity contribution in [3.63, 3.8) is 0 Å². The van der Waals surface area contributed by atoms with Gasteiger partial charge in [0, 0.05) is 37.7 Å². The molecule has 0 amide bonds. The summed E-state index contributed by atoms with van der Waals surface area (Å²) in [4.78, 5) is 18.3. The van der Waals surface area contributed by atoms with E-state index in [-0.39, 0.29) is 20.1 Å². The van der Waals surface area contributed by atoms with Crippen LogP contribution in [-0.4, -0.2) is 33.2 Å². The Morgan fingerprint density at radius 2 is 1.70 bits per heavy atom. The van der Waals surface area contributed by atoms with Crippen LogP contribution < -0.4 is 4.40 Å². The van der Waals surface area contributed by atoms with Crippen molar-refractivity contribution >= 4 is 39.9 Å². The Morgan fingerprint density at radius 1 is 0.872 bits per heavy atom. The van der Waals surface area contributed by atoms with Gasteiger partial charge in [0.25, 0.3) is 0 Å². The Labute approximate surface area is 294 Å². The minimum Gasteiger partial charge on any atom is 0 e. The number of pyridine rings is 4. The van der Waals surface area contributed by atoms with Gasteiger partial charge in [0.05, 0.1) is 0 Å². The first-order valence-corrected chi connectivity index (χ1v) is 24.2. The molecule has 0 N–H and O–H groups in total. The van der Waals surface area contributed by atoms with E-state index in [1.807, 2.05) is 43.6 Å². The van der Waals surface area contributed by atoms with Crippen LogP contribution in [0.4, 0.5) is 0 Å². The topological polar surface area (TPSA) is 64.7 Å². The van der Waals surface area contributed by atoms with Crippen molar-refractivity contribution < 1.29 is 24.5 Å². The number of benzene rings is 1. The SMILES string of the molecule is Cc1ccc2c(n1)oc1ncc(-c3nccc4c3CCCC4)[c-]c12.[CH3][Ge]([CH3])([CH3])[c]1cnc(-c2[c-]cccc2)cc1CC1CCCC1.[Ir]. The summed E-state index contributed by atoms with van der Waals surface area (Å²) in [6, 6.07) is 23.5. The fourth-order valence-corrected chi connectivity index (χ4v) is 10.5. The zero-order valence-electron chi connectivity index (χ0n) is 27.8. The normalized spacial score (nSPS) is 14.8. The molecule has 0 unspecified atom stereocenters. The van der Waals surface area contributed by atoms with E-state index in [9.17, 15) is 0 Å². The molecule has 1 aromatic carbocycles. The van der Waals surface area contributed by atoms with Crippen LogP contribution in [0.15, 0.2) is 71.5 Å². The van der Waals surface area contributed by atoms with E-state index in [4.69, 9.17) is 9.40 Å².